The second-order valence-corrected chi connectivity index (χ2v) is 11.0. The van der Waals surface area contributed by atoms with E-state index in [1.165, 1.54) is 44.2 Å². The molecule has 2 atom stereocenters. The monoisotopic (exact) mass is 563 g/mol. The van der Waals surface area contributed by atoms with Crippen LogP contribution in [0.15, 0.2) is 48.2 Å². The molecule has 2 rings (SSSR count). The molecule has 0 heterocycles. The number of rotatable bonds is 11. The lowest BCUT2D eigenvalue weighted by Crippen LogP contribution is -2.42. The van der Waals surface area contributed by atoms with Gasteiger partial charge in [-0.2, -0.15) is 30.7 Å². The quantitative estimate of drug-likeness (QED) is 0.347. The molecule has 0 radical (unpaired) electrons. The van der Waals surface area contributed by atoms with Crippen LogP contribution in [-0.2, 0) is 16.3 Å². The number of allylic oxidation sites excluding steroid dienone is 2. The molecule has 0 aliphatic heterocycles. The fraction of sp³-hybridized carbons (Fsp3) is 0.583. The molecular weight excluding hydrogens is 531 g/mol. The third-order valence-corrected chi connectivity index (χ3v) is 7.79. The molecule has 13 heteroatoms. The van der Waals surface area contributed by atoms with Crippen LogP contribution in [0.1, 0.15) is 39.7 Å². The van der Waals surface area contributed by atoms with Crippen molar-refractivity contribution in [1.29, 1.82) is 0 Å². The van der Waals surface area contributed by atoms with Crippen molar-refractivity contribution < 1.29 is 49.0 Å². The summed E-state index contributed by atoms with van der Waals surface area (Å²) in [4.78, 5) is 1.14. The van der Waals surface area contributed by atoms with E-state index >= 15 is 0 Å². The number of benzene rings is 1. The Bertz CT molecular complexity index is 1020. The highest BCUT2D eigenvalue weighted by atomic mass is 32.2. The molecule has 0 saturated heterocycles. The summed E-state index contributed by atoms with van der Waals surface area (Å²) in [5.74, 6) is -0.561. The van der Waals surface area contributed by atoms with Gasteiger partial charge in [0.25, 0.3) is 0 Å². The molecule has 1 aliphatic rings. The van der Waals surface area contributed by atoms with E-state index in [4.69, 9.17) is 0 Å². The Kier molecular flexibility index (Phi) is 11.9. The van der Waals surface area contributed by atoms with E-state index in [0.29, 0.717) is 0 Å². The smallest absolute Gasteiger partial charge is 0.428 e. The van der Waals surface area contributed by atoms with Gasteiger partial charge in [0.1, 0.15) is 5.75 Å². The number of nitrogens with zero attached hydrogens (tertiary/aromatic N) is 1. The number of aliphatic hydroxyl groups is 1. The summed E-state index contributed by atoms with van der Waals surface area (Å²) in [5, 5.41) is 7.92. The molecule has 0 aromatic heterocycles. The standard InChI is InChI=1S/C22H26F7NO4S.C2H6/c1-14(2)35(32,33)18-8-4-6-16(12-18)30(13-19(31)21(25,26)27)10-9-15-5-3-7-17(11-15)34-22(28,29)20(23)24;1-2/h3-7,11-12,14,18-20,31H,8-10,13H2,1-2H3;1-2H3. The second kappa shape index (κ2) is 13.5. The third-order valence-electron chi connectivity index (χ3n) is 5.31. The highest BCUT2D eigenvalue weighted by Gasteiger charge is 2.44. The molecule has 1 N–H and O–H groups in total. The van der Waals surface area contributed by atoms with Crippen molar-refractivity contribution in [3.63, 3.8) is 0 Å². The van der Waals surface area contributed by atoms with E-state index in [-0.39, 0.29) is 30.6 Å². The van der Waals surface area contributed by atoms with Crippen molar-refractivity contribution in [3.05, 3.63) is 53.8 Å². The van der Waals surface area contributed by atoms with E-state index in [0.717, 1.165) is 17.0 Å². The van der Waals surface area contributed by atoms with Crippen molar-refractivity contribution >= 4 is 9.84 Å². The largest absolute Gasteiger partial charge is 0.461 e. The Labute approximate surface area is 212 Å². The summed E-state index contributed by atoms with van der Waals surface area (Å²) in [5.41, 5.74) is 0.427. The predicted octanol–water partition coefficient (Wildman–Crippen LogP) is 5.75. The van der Waals surface area contributed by atoms with Crippen LogP contribution in [0.3, 0.4) is 0 Å². The molecular formula is C24H32F7NO4S. The van der Waals surface area contributed by atoms with Gasteiger partial charge in [0.15, 0.2) is 15.9 Å². The van der Waals surface area contributed by atoms with E-state index in [1.54, 1.807) is 0 Å². The zero-order valence-corrected chi connectivity index (χ0v) is 21.7. The Balaban J connectivity index is 0.00000334. The number of hydrogen-bond donors (Lipinski definition) is 1. The molecule has 37 heavy (non-hydrogen) atoms. The highest BCUT2D eigenvalue weighted by molar-refractivity contribution is 7.92. The summed E-state index contributed by atoms with van der Waals surface area (Å²) in [6.07, 6.45) is -12.1. The van der Waals surface area contributed by atoms with Gasteiger partial charge in [-0.15, -0.1) is 0 Å². The lowest BCUT2D eigenvalue weighted by molar-refractivity contribution is -0.253. The molecule has 2 unspecified atom stereocenters. The highest BCUT2D eigenvalue weighted by Crippen LogP contribution is 2.29. The molecule has 0 amide bonds. The summed E-state index contributed by atoms with van der Waals surface area (Å²) in [6, 6.07) is 4.76. The van der Waals surface area contributed by atoms with Crippen LogP contribution in [0.5, 0.6) is 5.75 Å². The van der Waals surface area contributed by atoms with Gasteiger partial charge in [-0.1, -0.05) is 32.1 Å². The minimum absolute atomic E-state index is 0.0468. The zero-order valence-electron chi connectivity index (χ0n) is 20.9. The molecule has 1 aromatic rings. The average molecular weight is 564 g/mol. The zero-order chi connectivity index (χ0) is 28.6. The molecule has 1 aromatic carbocycles. The predicted molar refractivity (Wildman–Crippen MR) is 126 cm³/mol. The molecule has 5 nitrogen and oxygen atoms in total. The van der Waals surface area contributed by atoms with Gasteiger partial charge in [-0.05, 0) is 56.5 Å². The van der Waals surface area contributed by atoms with Crippen molar-refractivity contribution in [1.82, 2.24) is 4.90 Å². The molecule has 212 valence electrons. The summed E-state index contributed by atoms with van der Waals surface area (Å²) in [6.45, 7) is 5.89. The van der Waals surface area contributed by atoms with Gasteiger partial charge in [0.2, 0.25) is 0 Å². The molecule has 0 spiro atoms. The number of ether oxygens (including phenoxy) is 1. The Morgan fingerprint density at radius 3 is 2.30 bits per heavy atom. The number of aliphatic hydroxyl groups excluding tert-OH is 1. The van der Waals surface area contributed by atoms with Crippen LogP contribution in [0, 0.1) is 0 Å². The van der Waals surface area contributed by atoms with E-state index in [1.807, 2.05) is 13.8 Å². The lowest BCUT2D eigenvalue weighted by atomic mass is 10.1. The van der Waals surface area contributed by atoms with Crippen LogP contribution < -0.4 is 4.74 Å². The molecule has 1 aliphatic carbocycles. The van der Waals surface area contributed by atoms with Gasteiger partial charge < -0.3 is 14.7 Å². The SMILES string of the molecule is CC.CC(C)S(=O)(=O)C1C=C(N(CCc2cccc(OC(F)(F)C(F)F)c2)CC(O)C(F)(F)F)C=CC1. The topological polar surface area (TPSA) is 66.8 Å². The first kappa shape index (κ1) is 32.7. The first-order valence-electron chi connectivity index (χ1n) is 11.6. The van der Waals surface area contributed by atoms with Gasteiger partial charge in [0, 0.05) is 12.2 Å². The van der Waals surface area contributed by atoms with Gasteiger partial charge in [0.05, 0.1) is 17.0 Å². The number of halogens is 7. The summed E-state index contributed by atoms with van der Waals surface area (Å²) in [7, 11) is -3.61. The first-order valence-corrected chi connectivity index (χ1v) is 13.2. The number of hydrogen-bond acceptors (Lipinski definition) is 5. The van der Waals surface area contributed by atoms with Gasteiger partial charge >= 0.3 is 18.7 Å². The van der Waals surface area contributed by atoms with Crippen LogP contribution in [0.4, 0.5) is 30.7 Å². The maximum Gasteiger partial charge on any atom is 0.461 e. The minimum atomic E-state index is -4.94. The second-order valence-electron chi connectivity index (χ2n) is 8.27. The average Bonchev–Trinajstić information content (AvgIpc) is 2.82. The van der Waals surface area contributed by atoms with Crippen molar-refractivity contribution in [2.45, 2.75) is 75.9 Å². The fourth-order valence-electron chi connectivity index (χ4n) is 3.29. The van der Waals surface area contributed by atoms with Crippen LogP contribution in [0.2, 0.25) is 0 Å². The fourth-order valence-corrected chi connectivity index (χ4v) is 4.70. The van der Waals surface area contributed by atoms with Crippen molar-refractivity contribution in [2.24, 2.45) is 0 Å². The Morgan fingerprint density at radius 1 is 1.14 bits per heavy atom. The van der Waals surface area contributed by atoms with Crippen LogP contribution >= 0.6 is 0 Å². The first-order chi connectivity index (χ1) is 17.0. The van der Waals surface area contributed by atoms with E-state index in [9.17, 15) is 44.3 Å². The number of sulfone groups is 1. The normalized spacial score (nSPS) is 17.2. The Hall–Kier alpha value is -2.28. The maximum atomic E-state index is 13.2. The molecule has 0 bridgehead atoms. The van der Waals surface area contributed by atoms with E-state index < -0.39 is 57.4 Å². The Morgan fingerprint density at radius 2 is 1.76 bits per heavy atom. The summed E-state index contributed by atoms with van der Waals surface area (Å²) >= 11 is 0. The van der Waals surface area contributed by atoms with E-state index in [2.05, 4.69) is 4.74 Å². The summed E-state index contributed by atoms with van der Waals surface area (Å²) < 4.78 is 119. The van der Waals surface area contributed by atoms with Gasteiger partial charge in [-0.25, -0.2) is 8.42 Å². The van der Waals surface area contributed by atoms with Crippen LogP contribution in [0.25, 0.3) is 0 Å². The number of alkyl halides is 7. The van der Waals surface area contributed by atoms with Crippen molar-refractivity contribution in [3.8, 4) is 5.75 Å². The molecule has 0 fully saturated rings. The van der Waals surface area contributed by atoms with Crippen LogP contribution in [-0.4, -0.2) is 66.8 Å². The molecule has 0 saturated carbocycles. The third kappa shape index (κ3) is 9.51. The van der Waals surface area contributed by atoms with Crippen molar-refractivity contribution in [2.75, 3.05) is 13.1 Å². The maximum absolute atomic E-state index is 13.2. The lowest BCUT2D eigenvalue weighted by Gasteiger charge is -2.31. The minimum Gasteiger partial charge on any atom is -0.428 e. The van der Waals surface area contributed by atoms with Gasteiger partial charge in [-0.3, -0.25) is 0 Å².